The second kappa shape index (κ2) is 8.54. The Kier molecular flexibility index (Phi) is 7.39. The molecule has 0 aromatic rings. The van der Waals surface area contributed by atoms with Crippen molar-refractivity contribution >= 4 is 5.97 Å². The largest absolute Gasteiger partial charge is 0.465 e. The van der Waals surface area contributed by atoms with Gasteiger partial charge in [0.1, 0.15) is 6.04 Å². The molecule has 1 unspecified atom stereocenters. The second-order valence-electron chi connectivity index (χ2n) is 5.86. The van der Waals surface area contributed by atoms with Crippen molar-refractivity contribution in [2.24, 2.45) is 0 Å². The molecular formula is C15H30N2O2. The number of nitrogens with zero attached hydrogens (tertiary/aromatic N) is 1. The molecule has 1 fully saturated rings. The number of rotatable bonds is 7. The molecule has 4 heteroatoms. The fourth-order valence-corrected chi connectivity index (χ4v) is 2.80. The van der Waals surface area contributed by atoms with Gasteiger partial charge in [0.2, 0.25) is 0 Å². The zero-order valence-electron chi connectivity index (χ0n) is 12.9. The number of nitrogens with one attached hydrogen (secondary N) is 1. The Labute approximate surface area is 117 Å². The van der Waals surface area contributed by atoms with Crippen molar-refractivity contribution in [3.8, 4) is 0 Å². The van der Waals surface area contributed by atoms with Gasteiger partial charge in [0.15, 0.2) is 0 Å². The predicted octanol–water partition coefficient (Wildman–Crippen LogP) is 2.18. The summed E-state index contributed by atoms with van der Waals surface area (Å²) in [6, 6.07) is 0.695. The molecule has 1 aliphatic rings. The Morgan fingerprint density at radius 1 is 1.32 bits per heavy atom. The van der Waals surface area contributed by atoms with Gasteiger partial charge in [0.05, 0.1) is 6.61 Å². The van der Waals surface area contributed by atoms with Gasteiger partial charge >= 0.3 is 5.97 Å². The summed E-state index contributed by atoms with van der Waals surface area (Å²) in [6.45, 7) is 7.17. The van der Waals surface area contributed by atoms with Crippen LogP contribution >= 0.6 is 0 Å². The minimum Gasteiger partial charge on any atom is -0.465 e. The van der Waals surface area contributed by atoms with Crippen LogP contribution in [0.15, 0.2) is 0 Å². The first-order chi connectivity index (χ1) is 9.04. The van der Waals surface area contributed by atoms with E-state index >= 15 is 0 Å². The lowest BCUT2D eigenvalue weighted by Crippen LogP contribution is -2.50. The van der Waals surface area contributed by atoms with Gasteiger partial charge in [-0.25, -0.2) is 0 Å². The first-order valence-corrected chi connectivity index (χ1v) is 7.67. The highest BCUT2D eigenvalue weighted by atomic mass is 16.5. The molecule has 1 rings (SSSR count). The molecule has 112 valence electrons. The minimum absolute atomic E-state index is 0.126. The average Bonchev–Trinajstić information content (AvgIpc) is 2.38. The molecule has 0 amide bonds. The molecule has 1 saturated carbocycles. The SMILES string of the molecule is CCOC(=O)C(CN(C)C1CCCCC1)NC(C)C. The van der Waals surface area contributed by atoms with E-state index in [1.165, 1.54) is 32.1 Å². The molecule has 0 spiro atoms. The summed E-state index contributed by atoms with van der Waals surface area (Å²) in [5.41, 5.74) is 0. The molecule has 4 nitrogen and oxygen atoms in total. The molecule has 1 atom stereocenters. The summed E-state index contributed by atoms with van der Waals surface area (Å²) in [5, 5.41) is 3.32. The average molecular weight is 270 g/mol. The van der Waals surface area contributed by atoms with Gasteiger partial charge in [-0.2, -0.15) is 0 Å². The van der Waals surface area contributed by atoms with Crippen LogP contribution in [-0.4, -0.2) is 49.2 Å². The third-order valence-electron chi connectivity index (χ3n) is 3.77. The summed E-state index contributed by atoms with van der Waals surface area (Å²) < 4.78 is 5.17. The Bertz CT molecular complexity index is 263. The smallest absolute Gasteiger partial charge is 0.324 e. The van der Waals surface area contributed by atoms with E-state index in [1.807, 2.05) is 6.92 Å². The standard InChI is InChI=1S/C15H30N2O2/c1-5-19-15(18)14(16-12(2)3)11-17(4)13-9-7-6-8-10-13/h12-14,16H,5-11H2,1-4H3. The maximum Gasteiger partial charge on any atom is 0.324 e. The predicted molar refractivity (Wildman–Crippen MR) is 78.2 cm³/mol. The van der Waals surface area contributed by atoms with Gasteiger partial charge in [-0.1, -0.05) is 33.1 Å². The first-order valence-electron chi connectivity index (χ1n) is 7.67. The monoisotopic (exact) mass is 270 g/mol. The Hall–Kier alpha value is -0.610. The summed E-state index contributed by atoms with van der Waals surface area (Å²) in [6.07, 6.45) is 6.50. The van der Waals surface area contributed by atoms with Crippen LogP contribution in [0.3, 0.4) is 0 Å². The Morgan fingerprint density at radius 3 is 2.47 bits per heavy atom. The lowest BCUT2D eigenvalue weighted by Gasteiger charge is -2.33. The molecule has 0 aromatic heterocycles. The van der Waals surface area contributed by atoms with Crippen LogP contribution in [0.25, 0.3) is 0 Å². The maximum atomic E-state index is 12.0. The molecule has 0 heterocycles. The molecular weight excluding hydrogens is 240 g/mol. The van der Waals surface area contributed by atoms with Crippen molar-refractivity contribution in [3.05, 3.63) is 0 Å². The molecule has 0 aromatic carbocycles. The van der Waals surface area contributed by atoms with Crippen LogP contribution in [0.1, 0.15) is 52.9 Å². The quantitative estimate of drug-likeness (QED) is 0.720. The molecule has 0 saturated heterocycles. The van der Waals surface area contributed by atoms with Crippen molar-refractivity contribution in [3.63, 3.8) is 0 Å². The summed E-state index contributed by atoms with van der Waals surface area (Å²) in [4.78, 5) is 14.3. The minimum atomic E-state index is -0.216. The van der Waals surface area contributed by atoms with E-state index < -0.39 is 0 Å². The van der Waals surface area contributed by atoms with E-state index in [0.29, 0.717) is 12.6 Å². The van der Waals surface area contributed by atoms with Crippen LogP contribution in [0.2, 0.25) is 0 Å². The van der Waals surface area contributed by atoms with Crippen molar-refractivity contribution in [2.75, 3.05) is 20.2 Å². The number of esters is 1. The van der Waals surface area contributed by atoms with E-state index in [9.17, 15) is 4.79 Å². The van der Waals surface area contributed by atoms with E-state index in [0.717, 1.165) is 6.54 Å². The zero-order chi connectivity index (χ0) is 14.3. The topological polar surface area (TPSA) is 41.6 Å². The van der Waals surface area contributed by atoms with Crippen molar-refractivity contribution in [2.45, 2.75) is 71.0 Å². The van der Waals surface area contributed by atoms with Gasteiger partial charge in [-0.05, 0) is 26.8 Å². The molecule has 1 N–H and O–H groups in total. The fourth-order valence-electron chi connectivity index (χ4n) is 2.80. The highest BCUT2D eigenvalue weighted by Gasteiger charge is 2.26. The fraction of sp³-hybridized carbons (Fsp3) is 0.933. The van der Waals surface area contributed by atoms with Crippen molar-refractivity contribution in [1.82, 2.24) is 10.2 Å². The molecule has 0 radical (unpaired) electrons. The molecule has 1 aliphatic carbocycles. The molecule has 0 aliphatic heterocycles. The van der Waals surface area contributed by atoms with Crippen molar-refractivity contribution < 1.29 is 9.53 Å². The second-order valence-corrected chi connectivity index (χ2v) is 5.86. The Morgan fingerprint density at radius 2 is 1.95 bits per heavy atom. The summed E-state index contributed by atoms with van der Waals surface area (Å²) >= 11 is 0. The highest BCUT2D eigenvalue weighted by Crippen LogP contribution is 2.21. The number of hydrogen-bond acceptors (Lipinski definition) is 4. The summed E-state index contributed by atoms with van der Waals surface area (Å²) in [5.74, 6) is -0.126. The van der Waals surface area contributed by atoms with Gasteiger partial charge in [-0.15, -0.1) is 0 Å². The zero-order valence-corrected chi connectivity index (χ0v) is 12.9. The van der Waals surface area contributed by atoms with Gasteiger partial charge < -0.3 is 15.0 Å². The highest BCUT2D eigenvalue weighted by molar-refractivity contribution is 5.76. The van der Waals surface area contributed by atoms with Crippen molar-refractivity contribution in [1.29, 1.82) is 0 Å². The van der Waals surface area contributed by atoms with Crippen LogP contribution in [0.4, 0.5) is 0 Å². The molecule has 19 heavy (non-hydrogen) atoms. The number of hydrogen-bond donors (Lipinski definition) is 1. The maximum absolute atomic E-state index is 12.0. The number of carbonyl (C=O) groups is 1. The van der Waals surface area contributed by atoms with E-state index in [1.54, 1.807) is 0 Å². The van der Waals surface area contributed by atoms with E-state index in [4.69, 9.17) is 4.74 Å². The number of likely N-dealkylation sites (N-methyl/N-ethyl adjacent to an activating group) is 1. The number of carbonyl (C=O) groups excluding carboxylic acids is 1. The third-order valence-corrected chi connectivity index (χ3v) is 3.77. The van der Waals surface area contributed by atoms with E-state index in [-0.39, 0.29) is 18.1 Å². The summed E-state index contributed by atoms with van der Waals surface area (Å²) in [7, 11) is 2.13. The molecule has 0 bridgehead atoms. The van der Waals surface area contributed by atoms with E-state index in [2.05, 4.69) is 31.1 Å². The first kappa shape index (κ1) is 16.4. The van der Waals surface area contributed by atoms with Crippen LogP contribution in [-0.2, 0) is 9.53 Å². The lowest BCUT2D eigenvalue weighted by atomic mass is 9.94. The van der Waals surface area contributed by atoms with Gasteiger partial charge in [-0.3, -0.25) is 4.79 Å². The lowest BCUT2D eigenvalue weighted by molar-refractivity contribution is -0.146. The van der Waals surface area contributed by atoms with Gasteiger partial charge in [0.25, 0.3) is 0 Å². The van der Waals surface area contributed by atoms with Gasteiger partial charge in [0, 0.05) is 18.6 Å². The third kappa shape index (κ3) is 5.91. The Balaban J connectivity index is 2.51. The number of ether oxygens (including phenoxy) is 1. The normalized spacial score (nSPS) is 18.8. The van der Waals surface area contributed by atoms with Crippen LogP contribution in [0.5, 0.6) is 0 Å². The van der Waals surface area contributed by atoms with Crippen LogP contribution in [0, 0.1) is 0 Å². The van der Waals surface area contributed by atoms with Crippen LogP contribution < -0.4 is 5.32 Å².